The highest BCUT2D eigenvalue weighted by Crippen LogP contribution is 2.27. The van der Waals surface area contributed by atoms with Gasteiger partial charge in [0, 0.05) is 53.7 Å². The first kappa shape index (κ1) is 23.6. The number of anilines is 1. The summed E-state index contributed by atoms with van der Waals surface area (Å²) in [6, 6.07) is 5.93. The number of likely N-dealkylation sites (N-methyl/N-ethyl adjacent to an activating group) is 1. The molecule has 178 valence electrons. The maximum absolute atomic E-state index is 12.3. The van der Waals surface area contributed by atoms with Crippen LogP contribution >= 0.6 is 0 Å². The molecule has 0 aromatic carbocycles. The van der Waals surface area contributed by atoms with Gasteiger partial charge in [-0.2, -0.15) is 5.10 Å². The molecule has 3 N–H and O–H groups in total. The Hall–Kier alpha value is -3.52. The SMILES string of the molecule is CC1=CCCC=C1.Cc1cc(-c2n[nH]c3cc(NC(=O)NC4CCN(C)C4C)ncc23)ccn1. The first-order chi connectivity index (χ1) is 16.4. The van der Waals surface area contributed by atoms with Gasteiger partial charge >= 0.3 is 6.03 Å². The van der Waals surface area contributed by atoms with Gasteiger partial charge in [-0.15, -0.1) is 0 Å². The van der Waals surface area contributed by atoms with E-state index < -0.39 is 0 Å². The summed E-state index contributed by atoms with van der Waals surface area (Å²) in [4.78, 5) is 23.1. The molecule has 4 heterocycles. The van der Waals surface area contributed by atoms with Crippen LogP contribution in [0.25, 0.3) is 22.2 Å². The third-order valence-corrected chi connectivity index (χ3v) is 6.43. The van der Waals surface area contributed by atoms with Crippen molar-refractivity contribution in [3.63, 3.8) is 0 Å². The molecule has 0 saturated carbocycles. The molecule has 2 aliphatic rings. The summed E-state index contributed by atoms with van der Waals surface area (Å²) in [7, 11) is 2.07. The number of carbonyl (C=O) groups excluding carboxylic acids is 1. The largest absolute Gasteiger partial charge is 0.333 e. The molecule has 3 aromatic heterocycles. The number of nitrogens with zero attached hydrogens (tertiary/aromatic N) is 4. The van der Waals surface area contributed by atoms with Crippen LogP contribution in [0.1, 0.15) is 38.8 Å². The number of aromatic amines is 1. The number of allylic oxidation sites excluding steroid dienone is 4. The number of fused-ring (bicyclic) bond motifs is 1. The van der Waals surface area contributed by atoms with Crippen LogP contribution in [0.5, 0.6) is 0 Å². The second-order valence-electron chi connectivity index (χ2n) is 9.02. The maximum atomic E-state index is 12.3. The zero-order valence-electron chi connectivity index (χ0n) is 20.3. The molecule has 5 rings (SSSR count). The Morgan fingerprint density at radius 3 is 2.71 bits per heavy atom. The fourth-order valence-electron chi connectivity index (χ4n) is 4.25. The van der Waals surface area contributed by atoms with Crippen molar-refractivity contribution in [3.05, 3.63) is 60.1 Å². The van der Waals surface area contributed by atoms with E-state index in [4.69, 9.17) is 0 Å². The van der Waals surface area contributed by atoms with E-state index in [0.717, 1.165) is 40.8 Å². The Kier molecular flexibility index (Phi) is 7.37. The molecule has 0 radical (unpaired) electrons. The van der Waals surface area contributed by atoms with Gasteiger partial charge in [0.05, 0.1) is 5.52 Å². The van der Waals surface area contributed by atoms with E-state index in [1.165, 1.54) is 18.4 Å². The Balaban J connectivity index is 0.000000336. The standard InChI is InChI=1S/C19H23N7O.C7H10/c1-11-8-13(4-6-20-11)18-14-10-21-17(9-16(14)24-25-18)23-19(27)22-15-5-7-26(3)12(15)2;1-7-5-3-2-4-6-7/h4,6,8-10,12,15H,5,7H2,1-3H3,(H,24,25)(H2,21,22,23,27);3,5-6H,2,4H2,1H3. The van der Waals surface area contributed by atoms with Crippen molar-refractivity contribution in [2.24, 2.45) is 0 Å². The second kappa shape index (κ2) is 10.6. The van der Waals surface area contributed by atoms with Gasteiger partial charge in [0.2, 0.25) is 0 Å². The highest BCUT2D eigenvalue weighted by Gasteiger charge is 2.29. The van der Waals surface area contributed by atoms with E-state index in [2.05, 4.69) is 74.8 Å². The number of aryl methyl sites for hydroxylation is 1. The van der Waals surface area contributed by atoms with Crippen molar-refractivity contribution in [2.45, 2.75) is 52.1 Å². The zero-order valence-corrected chi connectivity index (χ0v) is 20.3. The smallest absolute Gasteiger partial charge is 0.320 e. The molecule has 2 amide bonds. The van der Waals surface area contributed by atoms with Crippen LogP contribution in [0.15, 0.2) is 54.4 Å². The summed E-state index contributed by atoms with van der Waals surface area (Å²) in [6.07, 6.45) is 13.6. The molecule has 1 aliphatic carbocycles. The predicted octanol–water partition coefficient (Wildman–Crippen LogP) is 4.83. The summed E-state index contributed by atoms with van der Waals surface area (Å²) >= 11 is 0. The van der Waals surface area contributed by atoms with Gasteiger partial charge in [0.15, 0.2) is 0 Å². The van der Waals surface area contributed by atoms with Crippen molar-refractivity contribution in [1.29, 1.82) is 0 Å². The maximum Gasteiger partial charge on any atom is 0.320 e. The van der Waals surface area contributed by atoms with Crippen LogP contribution in [-0.4, -0.2) is 56.8 Å². The molecule has 1 fully saturated rings. The Labute approximate surface area is 200 Å². The summed E-state index contributed by atoms with van der Waals surface area (Å²) in [5.74, 6) is 0.486. The van der Waals surface area contributed by atoms with Crippen LogP contribution in [0.2, 0.25) is 0 Å². The fraction of sp³-hybridized carbons (Fsp3) is 0.385. The lowest BCUT2D eigenvalue weighted by atomic mass is 10.1. The van der Waals surface area contributed by atoms with Gasteiger partial charge in [0.1, 0.15) is 11.5 Å². The molecule has 34 heavy (non-hydrogen) atoms. The third-order valence-electron chi connectivity index (χ3n) is 6.43. The molecule has 1 saturated heterocycles. The molecule has 0 spiro atoms. The number of rotatable bonds is 3. The van der Waals surface area contributed by atoms with Crippen LogP contribution in [0.4, 0.5) is 10.6 Å². The molecule has 3 aromatic rings. The van der Waals surface area contributed by atoms with Crippen LogP contribution in [0.3, 0.4) is 0 Å². The molecule has 0 bridgehead atoms. The highest BCUT2D eigenvalue weighted by atomic mass is 16.2. The number of likely N-dealkylation sites (tertiary alicyclic amines) is 1. The summed E-state index contributed by atoms with van der Waals surface area (Å²) in [5, 5.41) is 14.2. The zero-order chi connectivity index (χ0) is 24.1. The van der Waals surface area contributed by atoms with E-state index in [9.17, 15) is 4.79 Å². The van der Waals surface area contributed by atoms with Gasteiger partial charge in [-0.25, -0.2) is 9.78 Å². The van der Waals surface area contributed by atoms with E-state index in [-0.39, 0.29) is 12.1 Å². The number of amides is 2. The van der Waals surface area contributed by atoms with Crippen LogP contribution in [-0.2, 0) is 0 Å². The number of hydrogen-bond donors (Lipinski definition) is 3. The summed E-state index contributed by atoms with van der Waals surface area (Å²) in [6.45, 7) is 7.19. The monoisotopic (exact) mass is 459 g/mol. The van der Waals surface area contributed by atoms with E-state index in [1.807, 2.05) is 19.1 Å². The van der Waals surface area contributed by atoms with Crippen LogP contribution in [0, 0.1) is 6.92 Å². The molecule has 8 heteroatoms. The summed E-state index contributed by atoms with van der Waals surface area (Å²) in [5.41, 5.74) is 4.96. The first-order valence-electron chi connectivity index (χ1n) is 11.8. The van der Waals surface area contributed by atoms with Crippen molar-refractivity contribution in [1.82, 2.24) is 30.4 Å². The van der Waals surface area contributed by atoms with Gasteiger partial charge in [-0.3, -0.25) is 15.4 Å². The number of pyridine rings is 2. The minimum Gasteiger partial charge on any atom is -0.333 e. The topological polar surface area (TPSA) is 98.8 Å². The number of urea groups is 1. The molecule has 2 atom stereocenters. The minimum atomic E-state index is -0.238. The van der Waals surface area contributed by atoms with Gasteiger partial charge in [0.25, 0.3) is 0 Å². The molecule has 2 unspecified atom stereocenters. The Morgan fingerprint density at radius 2 is 2.06 bits per heavy atom. The first-order valence-corrected chi connectivity index (χ1v) is 11.8. The van der Waals surface area contributed by atoms with E-state index in [0.29, 0.717) is 11.9 Å². The number of nitrogens with one attached hydrogen (secondary N) is 3. The molecule has 8 nitrogen and oxygen atoms in total. The Morgan fingerprint density at radius 1 is 1.21 bits per heavy atom. The average Bonchev–Trinajstić information content (AvgIpc) is 3.38. The Bertz CT molecular complexity index is 1210. The lowest BCUT2D eigenvalue weighted by Gasteiger charge is -2.21. The lowest BCUT2D eigenvalue weighted by molar-refractivity contribution is 0.242. The minimum absolute atomic E-state index is 0.146. The third kappa shape index (κ3) is 5.69. The van der Waals surface area contributed by atoms with Gasteiger partial charge in [-0.05, 0) is 59.2 Å². The van der Waals surface area contributed by atoms with E-state index in [1.54, 1.807) is 18.5 Å². The normalized spacial score (nSPS) is 19.9. The molecule has 1 aliphatic heterocycles. The number of hydrogen-bond acceptors (Lipinski definition) is 5. The quantitative estimate of drug-likeness (QED) is 0.521. The highest BCUT2D eigenvalue weighted by molar-refractivity contribution is 5.95. The molecular weight excluding hydrogens is 426 g/mol. The fourth-order valence-corrected chi connectivity index (χ4v) is 4.25. The van der Waals surface area contributed by atoms with E-state index >= 15 is 0 Å². The van der Waals surface area contributed by atoms with Crippen molar-refractivity contribution < 1.29 is 4.79 Å². The van der Waals surface area contributed by atoms with Gasteiger partial charge < -0.3 is 10.2 Å². The van der Waals surface area contributed by atoms with Crippen molar-refractivity contribution in [2.75, 3.05) is 18.9 Å². The average molecular weight is 460 g/mol. The number of carbonyl (C=O) groups is 1. The van der Waals surface area contributed by atoms with Gasteiger partial charge in [-0.1, -0.05) is 23.8 Å². The lowest BCUT2D eigenvalue weighted by Crippen LogP contribution is -2.44. The number of H-pyrrole nitrogens is 1. The van der Waals surface area contributed by atoms with Crippen molar-refractivity contribution in [3.8, 4) is 11.3 Å². The van der Waals surface area contributed by atoms with Crippen molar-refractivity contribution >= 4 is 22.8 Å². The number of aromatic nitrogens is 4. The van der Waals surface area contributed by atoms with Crippen LogP contribution < -0.4 is 10.6 Å². The summed E-state index contributed by atoms with van der Waals surface area (Å²) < 4.78 is 0. The predicted molar refractivity (Wildman–Crippen MR) is 137 cm³/mol. The molecular formula is C26H33N7O. The second-order valence-corrected chi connectivity index (χ2v) is 9.02.